The second-order valence-corrected chi connectivity index (χ2v) is 7.35. The Balaban J connectivity index is 1.86. The monoisotopic (exact) mass is 347 g/mol. The van der Waals surface area contributed by atoms with Gasteiger partial charge in [-0.3, -0.25) is 9.69 Å². The Labute approximate surface area is 148 Å². The van der Waals surface area contributed by atoms with Crippen molar-refractivity contribution in [2.45, 2.75) is 24.7 Å². The molecule has 5 nitrogen and oxygen atoms in total. The average Bonchev–Trinajstić information content (AvgIpc) is 2.61. The van der Waals surface area contributed by atoms with Gasteiger partial charge in [-0.05, 0) is 50.9 Å². The highest BCUT2D eigenvalue weighted by molar-refractivity contribution is 7.99. The van der Waals surface area contributed by atoms with Crippen molar-refractivity contribution in [1.82, 2.24) is 4.90 Å². The highest BCUT2D eigenvalue weighted by atomic mass is 32.2. The van der Waals surface area contributed by atoms with Gasteiger partial charge in [0.1, 0.15) is 0 Å². The molecule has 2 rings (SSSR count). The molecule has 0 saturated carbocycles. The van der Waals surface area contributed by atoms with Crippen LogP contribution in [0.15, 0.2) is 29.2 Å². The molecule has 1 fully saturated rings. The van der Waals surface area contributed by atoms with Gasteiger partial charge in [0.05, 0.1) is 24.2 Å². The van der Waals surface area contributed by atoms with Crippen molar-refractivity contribution in [1.29, 1.82) is 5.26 Å². The first-order chi connectivity index (χ1) is 11.6. The third kappa shape index (κ3) is 5.82. The summed E-state index contributed by atoms with van der Waals surface area (Å²) in [6, 6.07) is 9.93. The number of benzene rings is 1. The van der Waals surface area contributed by atoms with Crippen LogP contribution in [0.2, 0.25) is 0 Å². The summed E-state index contributed by atoms with van der Waals surface area (Å²) in [6.07, 6.45) is 1.89. The maximum atomic E-state index is 12.3. The number of nitrogens with zero attached hydrogens (tertiary/aromatic N) is 2. The van der Waals surface area contributed by atoms with Gasteiger partial charge in [0.2, 0.25) is 5.91 Å². The molecule has 1 amide bonds. The van der Waals surface area contributed by atoms with Crippen LogP contribution in [-0.4, -0.2) is 47.9 Å². The number of anilines is 1. The number of thioether (sulfide) groups is 1. The molecule has 1 aliphatic rings. The second kappa shape index (κ2) is 9.67. The standard InChI is InChI=1S/C18H25N3O2S/c1-14(10-19)13-24-17-5-3-2-4-16(17)20-18(23)11-21-8-6-15(12-22)7-9-21/h2-5,14-15,22H,6-9,11-13H2,1H3,(H,20,23). The number of likely N-dealkylation sites (tertiary alicyclic amines) is 1. The van der Waals surface area contributed by atoms with Crippen LogP contribution in [0.5, 0.6) is 0 Å². The number of nitriles is 1. The van der Waals surface area contributed by atoms with Gasteiger partial charge < -0.3 is 10.4 Å². The van der Waals surface area contributed by atoms with Gasteiger partial charge in [-0.15, -0.1) is 11.8 Å². The van der Waals surface area contributed by atoms with E-state index in [1.54, 1.807) is 11.8 Å². The number of carbonyl (C=O) groups is 1. The van der Waals surface area contributed by atoms with Crippen molar-refractivity contribution < 1.29 is 9.90 Å². The maximum absolute atomic E-state index is 12.3. The molecule has 1 aromatic rings. The van der Waals surface area contributed by atoms with Crippen LogP contribution in [0.4, 0.5) is 5.69 Å². The fourth-order valence-electron chi connectivity index (χ4n) is 2.67. The molecule has 0 aromatic heterocycles. The van der Waals surface area contributed by atoms with Crippen molar-refractivity contribution in [3.8, 4) is 6.07 Å². The van der Waals surface area contributed by atoms with Crippen LogP contribution in [0.1, 0.15) is 19.8 Å². The number of aliphatic hydroxyl groups excluding tert-OH is 1. The van der Waals surface area contributed by atoms with Crippen molar-refractivity contribution in [2.75, 3.05) is 37.3 Å². The fourth-order valence-corrected chi connectivity index (χ4v) is 3.62. The minimum Gasteiger partial charge on any atom is -0.396 e. The number of rotatable bonds is 7. The number of hydrogen-bond donors (Lipinski definition) is 2. The van der Waals surface area contributed by atoms with Gasteiger partial charge in [0.15, 0.2) is 0 Å². The number of aliphatic hydroxyl groups is 1. The first-order valence-corrected chi connectivity index (χ1v) is 9.35. The highest BCUT2D eigenvalue weighted by Gasteiger charge is 2.20. The van der Waals surface area contributed by atoms with Crippen molar-refractivity contribution >= 4 is 23.4 Å². The molecular weight excluding hydrogens is 322 g/mol. The van der Waals surface area contributed by atoms with E-state index >= 15 is 0 Å². The molecular formula is C18H25N3O2S. The summed E-state index contributed by atoms with van der Waals surface area (Å²) in [6.45, 7) is 4.23. The van der Waals surface area contributed by atoms with E-state index in [1.807, 2.05) is 31.2 Å². The molecule has 1 atom stereocenters. The molecule has 130 valence electrons. The van der Waals surface area contributed by atoms with E-state index in [9.17, 15) is 9.90 Å². The molecule has 24 heavy (non-hydrogen) atoms. The summed E-state index contributed by atoms with van der Waals surface area (Å²) >= 11 is 1.59. The summed E-state index contributed by atoms with van der Waals surface area (Å²) in [5, 5.41) is 21.1. The summed E-state index contributed by atoms with van der Waals surface area (Å²) in [4.78, 5) is 15.4. The Morgan fingerprint density at radius 3 is 2.83 bits per heavy atom. The third-order valence-electron chi connectivity index (χ3n) is 4.20. The predicted molar refractivity (Wildman–Crippen MR) is 96.8 cm³/mol. The minimum absolute atomic E-state index is 0.0150. The molecule has 1 aliphatic heterocycles. The van der Waals surface area contributed by atoms with Crippen LogP contribution >= 0.6 is 11.8 Å². The van der Waals surface area contributed by atoms with Crippen LogP contribution in [0.3, 0.4) is 0 Å². The van der Waals surface area contributed by atoms with Gasteiger partial charge in [0, 0.05) is 17.3 Å². The van der Waals surface area contributed by atoms with E-state index < -0.39 is 0 Å². The SMILES string of the molecule is CC(C#N)CSc1ccccc1NC(=O)CN1CCC(CO)CC1. The second-order valence-electron chi connectivity index (χ2n) is 6.29. The van der Waals surface area contributed by atoms with Gasteiger partial charge in [-0.2, -0.15) is 5.26 Å². The Morgan fingerprint density at radius 1 is 1.46 bits per heavy atom. The number of para-hydroxylation sites is 1. The van der Waals surface area contributed by atoms with E-state index in [1.165, 1.54) is 0 Å². The first kappa shape index (κ1) is 18.8. The van der Waals surface area contributed by atoms with Crippen molar-refractivity contribution in [3.05, 3.63) is 24.3 Å². The van der Waals surface area contributed by atoms with E-state index in [0.29, 0.717) is 18.2 Å². The Kier molecular flexibility index (Phi) is 7.57. The molecule has 2 N–H and O–H groups in total. The van der Waals surface area contributed by atoms with E-state index in [0.717, 1.165) is 36.5 Å². The number of nitrogens with one attached hydrogen (secondary N) is 1. The summed E-state index contributed by atoms with van der Waals surface area (Å²) in [5.74, 6) is 1.05. The van der Waals surface area contributed by atoms with Crippen LogP contribution in [-0.2, 0) is 4.79 Å². The average molecular weight is 347 g/mol. The lowest BCUT2D eigenvalue weighted by Gasteiger charge is -2.30. The van der Waals surface area contributed by atoms with E-state index in [-0.39, 0.29) is 18.4 Å². The maximum Gasteiger partial charge on any atom is 0.238 e. The van der Waals surface area contributed by atoms with Crippen LogP contribution in [0.25, 0.3) is 0 Å². The molecule has 1 unspecified atom stereocenters. The zero-order valence-corrected chi connectivity index (χ0v) is 14.9. The predicted octanol–water partition coefficient (Wildman–Crippen LogP) is 2.58. The molecule has 0 radical (unpaired) electrons. The van der Waals surface area contributed by atoms with Crippen LogP contribution < -0.4 is 5.32 Å². The quantitative estimate of drug-likeness (QED) is 0.742. The molecule has 1 aromatic carbocycles. The third-order valence-corrected chi connectivity index (χ3v) is 5.54. The lowest BCUT2D eigenvalue weighted by molar-refractivity contribution is -0.117. The van der Waals surface area contributed by atoms with E-state index in [4.69, 9.17) is 5.26 Å². The number of carbonyl (C=O) groups excluding carboxylic acids is 1. The molecule has 1 saturated heterocycles. The lowest BCUT2D eigenvalue weighted by atomic mass is 9.98. The Morgan fingerprint density at radius 2 is 2.17 bits per heavy atom. The van der Waals surface area contributed by atoms with Gasteiger partial charge >= 0.3 is 0 Å². The fraction of sp³-hybridized carbons (Fsp3) is 0.556. The zero-order valence-electron chi connectivity index (χ0n) is 14.1. The largest absolute Gasteiger partial charge is 0.396 e. The minimum atomic E-state index is -0.0217. The molecule has 1 heterocycles. The molecule has 0 aliphatic carbocycles. The Bertz CT molecular complexity index is 580. The summed E-state index contributed by atoms with van der Waals surface area (Å²) in [5.41, 5.74) is 0.808. The molecule has 0 spiro atoms. The van der Waals surface area contributed by atoms with Crippen molar-refractivity contribution in [2.24, 2.45) is 11.8 Å². The van der Waals surface area contributed by atoms with Gasteiger partial charge in [0.25, 0.3) is 0 Å². The Hall–Kier alpha value is -1.55. The number of amides is 1. The summed E-state index contributed by atoms with van der Waals surface area (Å²) < 4.78 is 0. The van der Waals surface area contributed by atoms with Gasteiger partial charge in [-0.25, -0.2) is 0 Å². The molecule has 6 heteroatoms. The van der Waals surface area contributed by atoms with Crippen LogP contribution in [0, 0.1) is 23.2 Å². The smallest absolute Gasteiger partial charge is 0.238 e. The van der Waals surface area contributed by atoms with Gasteiger partial charge in [-0.1, -0.05) is 12.1 Å². The normalized spacial score (nSPS) is 17.2. The highest BCUT2D eigenvalue weighted by Crippen LogP contribution is 2.28. The molecule has 0 bridgehead atoms. The lowest BCUT2D eigenvalue weighted by Crippen LogP contribution is -2.39. The summed E-state index contributed by atoms with van der Waals surface area (Å²) in [7, 11) is 0. The number of hydrogen-bond acceptors (Lipinski definition) is 5. The topological polar surface area (TPSA) is 76.4 Å². The number of piperidine rings is 1. The van der Waals surface area contributed by atoms with E-state index in [2.05, 4.69) is 16.3 Å². The zero-order chi connectivity index (χ0) is 17.4. The van der Waals surface area contributed by atoms with Crippen molar-refractivity contribution in [3.63, 3.8) is 0 Å². The first-order valence-electron chi connectivity index (χ1n) is 8.37.